The predicted molar refractivity (Wildman–Crippen MR) is 40.5 cm³/mol. The largest absolute Gasteiger partial charge is 0.496 e. The zero-order valence-corrected chi connectivity index (χ0v) is 7.14. The highest BCUT2D eigenvalue weighted by atomic mass is 19.4. The average molecular weight is 191 g/mol. The van der Waals surface area contributed by atoms with Crippen LogP contribution in [-0.2, 0) is 6.18 Å². The van der Waals surface area contributed by atoms with Gasteiger partial charge >= 0.3 is 6.18 Å². The molecule has 0 bridgehead atoms. The van der Waals surface area contributed by atoms with Crippen LogP contribution in [0.5, 0.6) is 5.75 Å². The number of ether oxygens (including phenoxy) is 1. The van der Waals surface area contributed by atoms with Gasteiger partial charge in [0, 0.05) is 11.8 Å². The Morgan fingerprint density at radius 3 is 2.46 bits per heavy atom. The number of pyridine rings is 1. The molecule has 1 aromatic heterocycles. The normalized spacial score (nSPS) is 11.5. The topological polar surface area (TPSA) is 22.1 Å². The van der Waals surface area contributed by atoms with Gasteiger partial charge < -0.3 is 4.74 Å². The van der Waals surface area contributed by atoms with Gasteiger partial charge in [0.1, 0.15) is 5.75 Å². The number of halogens is 3. The fourth-order valence-electron chi connectivity index (χ4n) is 1.02. The molecule has 0 saturated carbocycles. The quantitative estimate of drug-likeness (QED) is 0.680. The Bertz CT molecular complexity index is 309. The molecule has 0 aromatic carbocycles. The summed E-state index contributed by atoms with van der Waals surface area (Å²) in [4.78, 5) is 3.25. The molecule has 0 atom stereocenters. The van der Waals surface area contributed by atoms with E-state index in [1.165, 1.54) is 20.1 Å². The van der Waals surface area contributed by atoms with E-state index >= 15 is 0 Å². The van der Waals surface area contributed by atoms with Gasteiger partial charge in [-0.2, -0.15) is 13.2 Å². The Balaban J connectivity index is 3.24. The second-order valence-corrected chi connectivity index (χ2v) is 2.48. The second kappa shape index (κ2) is 3.24. The van der Waals surface area contributed by atoms with Gasteiger partial charge in [-0.3, -0.25) is 4.98 Å². The van der Waals surface area contributed by atoms with E-state index in [-0.39, 0.29) is 11.3 Å². The smallest absolute Gasteiger partial charge is 0.433 e. The number of aromatic nitrogens is 1. The summed E-state index contributed by atoms with van der Waals surface area (Å²) in [5.74, 6) is 0.197. The first-order chi connectivity index (χ1) is 5.96. The van der Waals surface area contributed by atoms with Crippen molar-refractivity contribution in [2.75, 3.05) is 7.11 Å². The molecule has 0 fully saturated rings. The Morgan fingerprint density at radius 1 is 1.38 bits per heavy atom. The van der Waals surface area contributed by atoms with Crippen molar-refractivity contribution in [3.63, 3.8) is 0 Å². The Kier molecular flexibility index (Phi) is 2.45. The minimum Gasteiger partial charge on any atom is -0.496 e. The van der Waals surface area contributed by atoms with Gasteiger partial charge in [0.2, 0.25) is 0 Å². The van der Waals surface area contributed by atoms with Crippen LogP contribution in [0.25, 0.3) is 0 Å². The van der Waals surface area contributed by atoms with Crippen molar-refractivity contribution in [2.45, 2.75) is 13.1 Å². The fourth-order valence-corrected chi connectivity index (χ4v) is 1.02. The van der Waals surface area contributed by atoms with Crippen molar-refractivity contribution in [3.05, 3.63) is 23.5 Å². The minimum atomic E-state index is -4.42. The molecular weight excluding hydrogens is 183 g/mol. The summed E-state index contributed by atoms with van der Waals surface area (Å²) in [5, 5.41) is 0. The predicted octanol–water partition coefficient (Wildman–Crippen LogP) is 2.42. The van der Waals surface area contributed by atoms with E-state index < -0.39 is 11.9 Å². The molecule has 0 aliphatic heterocycles. The fraction of sp³-hybridized carbons (Fsp3) is 0.375. The summed E-state index contributed by atoms with van der Waals surface area (Å²) >= 11 is 0. The van der Waals surface area contributed by atoms with Crippen molar-refractivity contribution >= 4 is 0 Å². The van der Waals surface area contributed by atoms with Crippen LogP contribution in [0.2, 0.25) is 0 Å². The van der Waals surface area contributed by atoms with Crippen molar-refractivity contribution < 1.29 is 17.9 Å². The summed E-state index contributed by atoms with van der Waals surface area (Å²) in [5.41, 5.74) is -0.885. The van der Waals surface area contributed by atoms with Crippen molar-refractivity contribution in [1.82, 2.24) is 4.98 Å². The minimum absolute atomic E-state index is 0.0116. The molecule has 0 unspecified atom stereocenters. The van der Waals surface area contributed by atoms with E-state index in [2.05, 4.69) is 4.98 Å². The molecule has 1 heterocycles. The third kappa shape index (κ3) is 1.91. The van der Waals surface area contributed by atoms with Gasteiger partial charge in [0.05, 0.1) is 7.11 Å². The monoisotopic (exact) mass is 191 g/mol. The summed E-state index contributed by atoms with van der Waals surface area (Å²) < 4.78 is 41.5. The third-order valence-corrected chi connectivity index (χ3v) is 1.64. The van der Waals surface area contributed by atoms with Crippen molar-refractivity contribution in [1.29, 1.82) is 0 Å². The lowest BCUT2D eigenvalue weighted by Crippen LogP contribution is -2.10. The average Bonchev–Trinajstić information content (AvgIpc) is 2.02. The lowest BCUT2D eigenvalue weighted by Gasteiger charge is -2.11. The Morgan fingerprint density at radius 2 is 2.00 bits per heavy atom. The van der Waals surface area contributed by atoms with Crippen LogP contribution in [0.15, 0.2) is 12.3 Å². The zero-order valence-electron chi connectivity index (χ0n) is 7.14. The maximum absolute atomic E-state index is 12.2. The van der Waals surface area contributed by atoms with Crippen LogP contribution in [0.4, 0.5) is 13.2 Å². The standard InChI is InChI=1S/C8H8F3NO/c1-5-6(13-2)3-4-12-7(5)8(9,10)11/h3-4H,1-2H3. The number of nitrogens with zero attached hydrogens (tertiary/aromatic N) is 1. The van der Waals surface area contributed by atoms with Gasteiger partial charge in [-0.25, -0.2) is 0 Å². The van der Waals surface area contributed by atoms with Crippen molar-refractivity contribution in [3.8, 4) is 5.75 Å². The van der Waals surface area contributed by atoms with E-state index in [0.717, 1.165) is 6.20 Å². The molecule has 5 heteroatoms. The van der Waals surface area contributed by atoms with E-state index in [9.17, 15) is 13.2 Å². The van der Waals surface area contributed by atoms with Gasteiger partial charge in [-0.15, -0.1) is 0 Å². The molecule has 0 radical (unpaired) electrons. The molecule has 72 valence electrons. The second-order valence-electron chi connectivity index (χ2n) is 2.48. The molecular formula is C8H8F3NO. The number of methoxy groups -OCH3 is 1. The molecule has 0 N–H and O–H groups in total. The molecule has 0 spiro atoms. The highest BCUT2D eigenvalue weighted by molar-refractivity contribution is 5.35. The van der Waals surface area contributed by atoms with Crippen molar-refractivity contribution in [2.24, 2.45) is 0 Å². The van der Waals surface area contributed by atoms with Crippen LogP contribution in [0.3, 0.4) is 0 Å². The third-order valence-electron chi connectivity index (χ3n) is 1.64. The first-order valence-corrected chi connectivity index (χ1v) is 3.53. The SMILES string of the molecule is COc1ccnc(C(F)(F)F)c1C. The zero-order chi connectivity index (χ0) is 10.1. The van der Waals surface area contributed by atoms with Gasteiger partial charge in [0.15, 0.2) is 5.69 Å². The molecule has 0 aliphatic carbocycles. The number of rotatable bonds is 1. The Labute approximate surface area is 73.4 Å². The van der Waals surface area contributed by atoms with E-state index in [0.29, 0.717) is 0 Å². The molecule has 0 amide bonds. The lowest BCUT2D eigenvalue weighted by atomic mass is 10.2. The molecule has 13 heavy (non-hydrogen) atoms. The van der Waals surface area contributed by atoms with Crippen LogP contribution in [0.1, 0.15) is 11.3 Å². The number of hydrogen-bond donors (Lipinski definition) is 0. The number of alkyl halides is 3. The van der Waals surface area contributed by atoms with Crippen LogP contribution >= 0.6 is 0 Å². The van der Waals surface area contributed by atoms with E-state index in [4.69, 9.17) is 4.74 Å². The van der Waals surface area contributed by atoms with Crippen LogP contribution < -0.4 is 4.74 Å². The first-order valence-electron chi connectivity index (χ1n) is 3.53. The summed E-state index contributed by atoms with van der Waals surface area (Å²) in [7, 11) is 1.32. The van der Waals surface area contributed by atoms with E-state index in [1.807, 2.05) is 0 Å². The highest BCUT2D eigenvalue weighted by Gasteiger charge is 2.35. The molecule has 2 nitrogen and oxygen atoms in total. The molecule has 0 saturated heterocycles. The van der Waals surface area contributed by atoms with Crippen LogP contribution in [-0.4, -0.2) is 12.1 Å². The summed E-state index contributed by atoms with van der Waals surface area (Å²) in [6.07, 6.45) is -3.34. The number of hydrogen-bond acceptors (Lipinski definition) is 2. The van der Waals surface area contributed by atoms with Gasteiger partial charge in [-0.05, 0) is 13.0 Å². The van der Waals surface area contributed by atoms with Crippen LogP contribution in [0, 0.1) is 6.92 Å². The molecule has 1 rings (SSSR count). The highest BCUT2D eigenvalue weighted by Crippen LogP contribution is 2.33. The Hall–Kier alpha value is -1.26. The first kappa shape index (κ1) is 9.83. The summed E-state index contributed by atoms with van der Waals surface area (Å²) in [6, 6.07) is 1.39. The summed E-state index contributed by atoms with van der Waals surface area (Å²) in [6.45, 7) is 1.33. The molecule has 1 aromatic rings. The van der Waals surface area contributed by atoms with Gasteiger partial charge in [-0.1, -0.05) is 0 Å². The van der Waals surface area contributed by atoms with E-state index in [1.54, 1.807) is 0 Å². The van der Waals surface area contributed by atoms with Gasteiger partial charge in [0.25, 0.3) is 0 Å². The lowest BCUT2D eigenvalue weighted by molar-refractivity contribution is -0.141. The maximum atomic E-state index is 12.2. The maximum Gasteiger partial charge on any atom is 0.433 e. The molecule has 0 aliphatic rings.